The third-order valence-corrected chi connectivity index (χ3v) is 7.42. The Balaban J connectivity index is 1.96. The summed E-state index contributed by atoms with van der Waals surface area (Å²) >= 11 is 9.36. The van der Waals surface area contributed by atoms with Gasteiger partial charge in [0.1, 0.15) is 5.60 Å². The number of nitrogens with one attached hydrogen (secondary N) is 1. The van der Waals surface area contributed by atoms with Gasteiger partial charge in [-0.2, -0.15) is 0 Å². The number of hydrogen-bond acceptors (Lipinski definition) is 5. The van der Waals surface area contributed by atoms with E-state index in [1.807, 2.05) is 0 Å². The lowest BCUT2D eigenvalue weighted by Crippen LogP contribution is -2.50. The standard InChI is InChI=1S/C22H20BrClN2O5S/c1-15(25-32(30,31)21-11-9-20(10-12-21)26(28)29)22(27,17-3-2-4-18(23)13-17)14-16-5-7-19(24)8-6-16/h2-13,15,25,27H,14H2,1H3/t15?,22-/m1/s1. The Labute approximate surface area is 199 Å². The highest BCUT2D eigenvalue weighted by atomic mass is 79.9. The van der Waals surface area contributed by atoms with E-state index in [-0.39, 0.29) is 17.0 Å². The molecule has 3 rings (SSSR count). The van der Waals surface area contributed by atoms with Gasteiger partial charge in [-0.25, -0.2) is 13.1 Å². The Kier molecular flexibility index (Phi) is 7.36. The molecule has 2 N–H and O–H groups in total. The van der Waals surface area contributed by atoms with Gasteiger partial charge in [-0.3, -0.25) is 10.1 Å². The molecular formula is C22H20BrClN2O5S. The first-order valence-corrected chi connectivity index (χ1v) is 12.2. The molecule has 0 spiro atoms. The Morgan fingerprint density at radius 1 is 1.12 bits per heavy atom. The number of sulfonamides is 1. The zero-order valence-corrected chi connectivity index (χ0v) is 20.1. The summed E-state index contributed by atoms with van der Waals surface area (Å²) < 4.78 is 29.1. The first kappa shape index (κ1) is 24.3. The normalized spacial score (nSPS) is 14.5. The molecule has 0 aromatic heterocycles. The summed E-state index contributed by atoms with van der Waals surface area (Å²) in [7, 11) is -4.07. The zero-order valence-electron chi connectivity index (χ0n) is 16.9. The van der Waals surface area contributed by atoms with Crippen LogP contribution in [0.4, 0.5) is 5.69 Å². The Morgan fingerprint density at radius 3 is 2.31 bits per heavy atom. The number of halogens is 2. The van der Waals surface area contributed by atoms with E-state index in [1.165, 1.54) is 0 Å². The molecule has 1 unspecified atom stereocenters. The average Bonchev–Trinajstić information content (AvgIpc) is 2.75. The van der Waals surface area contributed by atoms with Gasteiger partial charge < -0.3 is 5.11 Å². The first-order chi connectivity index (χ1) is 15.0. The van der Waals surface area contributed by atoms with Crippen LogP contribution in [0.1, 0.15) is 18.1 Å². The van der Waals surface area contributed by atoms with Crippen LogP contribution in [0.15, 0.2) is 82.2 Å². The van der Waals surface area contributed by atoms with Crippen molar-refractivity contribution in [1.82, 2.24) is 4.72 Å². The number of nitrogens with zero attached hydrogens (tertiary/aromatic N) is 1. The second-order valence-corrected chi connectivity index (χ2v) is 10.4. The Bertz CT molecular complexity index is 1220. The molecule has 0 saturated heterocycles. The molecule has 168 valence electrons. The molecular weight excluding hydrogens is 520 g/mol. The van der Waals surface area contributed by atoms with E-state index in [2.05, 4.69) is 20.7 Å². The van der Waals surface area contributed by atoms with Gasteiger partial charge in [0, 0.05) is 28.0 Å². The van der Waals surface area contributed by atoms with Crippen molar-refractivity contribution in [1.29, 1.82) is 0 Å². The van der Waals surface area contributed by atoms with Gasteiger partial charge >= 0.3 is 0 Å². The van der Waals surface area contributed by atoms with E-state index in [1.54, 1.807) is 55.5 Å². The lowest BCUT2D eigenvalue weighted by atomic mass is 9.82. The van der Waals surface area contributed by atoms with E-state index in [0.717, 1.165) is 34.3 Å². The lowest BCUT2D eigenvalue weighted by molar-refractivity contribution is -0.384. The van der Waals surface area contributed by atoms with Crippen LogP contribution >= 0.6 is 27.5 Å². The van der Waals surface area contributed by atoms with Crippen molar-refractivity contribution < 1.29 is 18.4 Å². The molecule has 0 fully saturated rings. The molecule has 2 atom stereocenters. The topological polar surface area (TPSA) is 110 Å². The van der Waals surface area contributed by atoms with Gasteiger partial charge in [0.2, 0.25) is 10.0 Å². The number of benzene rings is 3. The van der Waals surface area contributed by atoms with Crippen LogP contribution in [0.3, 0.4) is 0 Å². The van der Waals surface area contributed by atoms with Gasteiger partial charge in [-0.1, -0.05) is 51.8 Å². The van der Waals surface area contributed by atoms with Gasteiger partial charge in [0.15, 0.2) is 0 Å². The quantitative estimate of drug-likeness (QED) is 0.315. The minimum atomic E-state index is -4.07. The van der Waals surface area contributed by atoms with Crippen molar-refractivity contribution >= 4 is 43.2 Å². The number of hydrogen-bond donors (Lipinski definition) is 2. The summed E-state index contributed by atoms with van der Waals surface area (Å²) in [5.41, 5.74) is -0.546. The summed E-state index contributed by atoms with van der Waals surface area (Å²) in [6.07, 6.45) is 0.116. The fourth-order valence-corrected chi connectivity index (χ4v) is 5.14. The number of nitro groups is 1. The van der Waals surface area contributed by atoms with Gasteiger partial charge in [0.05, 0.1) is 15.9 Å². The molecule has 0 heterocycles. The monoisotopic (exact) mass is 538 g/mol. The van der Waals surface area contributed by atoms with Crippen molar-refractivity contribution in [2.45, 2.75) is 29.9 Å². The number of nitro benzene ring substituents is 1. The van der Waals surface area contributed by atoms with Crippen LogP contribution in [0.25, 0.3) is 0 Å². The van der Waals surface area contributed by atoms with Gasteiger partial charge in [-0.15, -0.1) is 0 Å². The van der Waals surface area contributed by atoms with Crippen molar-refractivity contribution in [2.75, 3.05) is 0 Å². The van der Waals surface area contributed by atoms with Crippen molar-refractivity contribution in [2.24, 2.45) is 0 Å². The van der Waals surface area contributed by atoms with Crippen LogP contribution in [-0.4, -0.2) is 24.5 Å². The fraction of sp³-hybridized carbons (Fsp3) is 0.182. The van der Waals surface area contributed by atoms with E-state index in [4.69, 9.17) is 11.6 Å². The van der Waals surface area contributed by atoms with E-state index in [9.17, 15) is 23.6 Å². The van der Waals surface area contributed by atoms with Gasteiger partial charge in [0.25, 0.3) is 5.69 Å². The predicted octanol–water partition coefficient (Wildman–Crippen LogP) is 4.81. The van der Waals surface area contributed by atoms with E-state index in [0.29, 0.717) is 10.6 Å². The Hall–Kier alpha value is -2.30. The highest BCUT2D eigenvalue weighted by molar-refractivity contribution is 9.10. The summed E-state index contributed by atoms with van der Waals surface area (Å²) in [6.45, 7) is 1.57. The molecule has 32 heavy (non-hydrogen) atoms. The van der Waals surface area contributed by atoms with Crippen molar-refractivity contribution in [3.8, 4) is 0 Å². The molecule has 0 amide bonds. The maximum absolute atomic E-state index is 12.9. The van der Waals surface area contributed by atoms with Gasteiger partial charge in [-0.05, 0) is 54.4 Å². The summed E-state index contributed by atoms with van der Waals surface area (Å²) in [5, 5.41) is 23.1. The van der Waals surface area contributed by atoms with Crippen LogP contribution < -0.4 is 4.72 Å². The average molecular weight is 540 g/mol. The van der Waals surface area contributed by atoms with E-state index >= 15 is 0 Å². The number of non-ortho nitro benzene ring substituents is 1. The molecule has 0 aliphatic carbocycles. The first-order valence-electron chi connectivity index (χ1n) is 9.51. The molecule has 10 heteroatoms. The van der Waals surface area contributed by atoms with Crippen LogP contribution in [0.5, 0.6) is 0 Å². The molecule has 0 radical (unpaired) electrons. The summed E-state index contributed by atoms with van der Waals surface area (Å²) in [5.74, 6) is 0. The van der Waals surface area contributed by atoms with Crippen LogP contribution in [-0.2, 0) is 22.0 Å². The molecule has 0 aliphatic heterocycles. The number of aliphatic hydroxyl groups is 1. The lowest BCUT2D eigenvalue weighted by Gasteiger charge is -2.35. The molecule has 0 saturated carbocycles. The molecule has 7 nitrogen and oxygen atoms in total. The maximum Gasteiger partial charge on any atom is 0.269 e. The molecule has 3 aromatic carbocycles. The van der Waals surface area contributed by atoms with Crippen LogP contribution in [0, 0.1) is 10.1 Å². The minimum absolute atomic E-state index is 0.116. The second kappa shape index (κ2) is 9.68. The highest BCUT2D eigenvalue weighted by Gasteiger charge is 2.38. The summed E-state index contributed by atoms with van der Waals surface area (Å²) in [4.78, 5) is 10.1. The van der Waals surface area contributed by atoms with Crippen LogP contribution in [0.2, 0.25) is 5.02 Å². The molecule has 3 aromatic rings. The summed E-state index contributed by atoms with van der Waals surface area (Å²) in [6, 6.07) is 17.5. The third kappa shape index (κ3) is 5.54. The third-order valence-electron chi connectivity index (χ3n) is 5.12. The van der Waals surface area contributed by atoms with E-state index < -0.39 is 26.6 Å². The van der Waals surface area contributed by atoms with Crippen molar-refractivity contribution in [3.05, 3.63) is 104 Å². The van der Waals surface area contributed by atoms with Crippen molar-refractivity contribution in [3.63, 3.8) is 0 Å². The smallest absolute Gasteiger partial charge is 0.269 e. The maximum atomic E-state index is 12.9. The number of rotatable bonds is 8. The minimum Gasteiger partial charge on any atom is -0.383 e. The predicted molar refractivity (Wildman–Crippen MR) is 126 cm³/mol. The SMILES string of the molecule is CC(NS(=O)(=O)c1ccc([N+](=O)[O-])cc1)[C@](O)(Cc1ccc(Cl)cc1)c1cccc(Br)c1. The Morgan fingerprint density at radius 2 is 1.75 bits per heavy atom. The zero-order chi connectivity index (χ0) is 23.5. The molecule has 0 aliphatic rings. The molecule has 0 bridgehead atoms. The largest absolute Gasteiger partial charge is 0.383 e. The highest BCUT2D eigenvalue weighted by Crippen LogP contribution is 2.32. The second-order valence-electron chi connectivity index (χ2n) is 7.33. The fourth-order valence-electron chi connectivity index (χ4n) is 3.32.